The molecule has 0 aliphatic heterocycles. The van der Waals surface area contributed by atoms with E-state index in [1.165, 1.54) is 12.1 Å². The molecule has 0 aliphatic carbocycles. The number of nitrogens with two attached hydrogens (primary N) is 1. The molecule has 1 rings (SSSR count). The van der Waals surface area contributed by atoms with Gasteiger partial charge in [-0.1, -0.05) is 22.0 Å². The van der Waals surface area contributed by atoms with Crippen molar-refractivity contribution in [2.45, 2.75) is 12.5 Å². The standard InChI is InChI=1S/C8H7BrF3N/c9-4-2-1-3-5(10)6(4)7(13)8(11)12/h1-3,7-8H,13H2. The molecule has 0 bridgehead atoms. The van der Waals surface area contributed by atoms with Gasteiger partial charge >= 0.3 is 0 Å². The number of benzene rings is 1. The molecular formula is C8H7BrF3N. The highest BCUT2D eigenvalue weighted by atomic mass is 79.9. The van der Waals surface area contributed by atoms with Crippen LogP contribution >= 0.6 is 15.9 Å². The van der Waals surface area contributed by atoms with Gasteiger partial charge in [0.25, 0.3) is 6.43 Å². The minimum absolute atomic E-state index is 0.183. The van der Waals surface area contributed by atoms with Crippen LogP contribution in [0.15, 0.2) is 22.7 Å². The Morgan fingerprint density at radius 2 is 1.92 bits per heavy atom. The molecule has 0 heterocycles. The van der Waals surface area contributed by atoms with Gasteiger partial charge in [-0.3, -0.25) is 0 Å². The first-order valence-corrected chi connectivity index (χ1v) is 4.31. The first-order chi connectivity index (χ1) is 6.04. The summed E-state index contributed by atoms with van der Waals surface area (Å²) in [6.07, 6.45) is -2.77. The average molecular weight is 254 g/mol. The van der Waals surface area contributed by atoms with Gasteiger partial charge in [0.1, 0.15) is 5.82 Å². The van der Waals surface area contributed by atoms with Crippen LogP contribution in [0.2, 0.25) is 0 Å². The Balaban J connectivity index is 3.12. The Bertz CT molecular complexity index is 283. The molecule has 1 atom stereocenters. The topological polar surface area (TPSA) is 26.0 Å². The lowest BCUT2D eigenvalue weighted by Crippen LogP contribution is -2.20. The maximum Gasteiger partial charge on any atom is 0.257 e. The van der Waals surface area contributed by atoms with Gasteiger partial charge in [0, 0.05) is 10.0 Å². The number of rotatable bonds is 2. The van der Waals surface area contributed by atoms with Crippen molar-refractivity contribution in [3.63, 3.8) is 0 Å². The maximum atomic E-state index is 13.0. The summed E-state index contributed by atoms with van der Waals surface area (Å²) in [5, 5.41) is 0. The van der Waals surface area contributed by atoms with Gasteiger partial charge in [0.2, 0.25) is 0 Å². The first kappa shape index (κ1) is 10.5. The highest BCUT2D eigenvalue weighted by Gasteiger charge is 2.22. The number of hydrogen-bond donors (Lipinski definition) is 1. The Morgan fingerprint density at radius 1 is 1.31 bits per heavy atom. The predicted octanol–water partition coefficient (Wildman–Crippen LogP) is 2.85. The summed E-state index contributed by atoms with van der Waals surface area (Å²) in [6, 6.07) is 2.40. The summed E-state index contributed by atoms with van der Waals surface area (Å²) < 4.78 is 37.6. The van der Waals surface area contributed by atoms with Crippen molar-refractivity contribution in [3.05, 3.63) is 34.1 Å². The van der Waals surface area contributed by atoms with Crippen LogP contribution in [-0.4, -0.2) is 6.43 Å². The van der Waals surface area contributed by atoms with Crippen molar-refractivity contribution >= 4 is 15.9 Å². The van der Waals surface area contributed by atoms with Gasteiger partial charge in [-0.25, -0.2) is 13.2 Å². The van der Waals surface area contributed by atoms with E-state index in [0.29, 0.717) is 0 Å². The van der Waals surface area contributed by atoms with Crippen molar-refractivity contribution in [1.82, 2.24) is 0 Å². The fourth-order valence-electron chi connectivity index (χ4n) is 0.955. The summed E-state index contributed by atoms with van der Waals surface area (Å²) >= 11 is 2.96. The predicted molar refractivity (Wildman–Crippen MR) is 47.0 cm³/mol. The summed E-state index contributed by atoms with van der Waals surface area (Å²) in [4.78, 5) is 0. The van der Waals surface area contributed by atoms with Crippen molar-refractivity contribution in [3.8, 4) is 0 Å². The second-order valence-corrected chi connectivity index (χ2v) is 3.35. The van der Waals surface area contributed by atoms with E-state index in [1.54, 1.807) is 0 Å². The van der Waals surface area contributed by atoms with Gasteiger partial charge in [0.15, 0.2) is 0 Å². The molecule has 13 heavy (non-hydrogen) atoms. The van der Waals surface area contributed by atoms with Crippen LogP contribution in [0.25, 0.3) is 0 Å². The monoisotopic (exact) mass is 253 g/mol. The molecule has 1 aromatic carbocycles. The lowest BCUT2D eigenvalue weighted by atomic mass is 10.1. The largest absolute Gasteiger partial charge is 0.319 e. The van der Waals surface area contributed by atoms with E-state index in [1.807, 2.05) is 0 Å². The molecule has 0 saturated carbocycles. The SMILES string of the molecule is NC(c1c(F)cccc1Br)C(F)F. The molecule has 1 nitrogen and oxygen atoms in total. The molecule has 1 unspecified atom stereocenters. The van der Waals surface area contributed by atoms with Crippen LogP contribution in [0.5, 0.6) is 0 Å². The molecule has 1 aromatic rings. The Kier molecular flexibility index (Phi) is 3.33. The minimum atomic E-state index is -2.77. The molecule has 0 radical (unpaired) electrons. The smallest absolute Gasteiger partial charge is 0.257 e. The lowest BCUT2D eigenvalue weighted by molar-refractivity contribution is 0.114. The fraction of sp³-hybridized carbons (Fsp3) is 0.250. The molecule has 0 saturated heterocycles. The number of halogens is 4. The van der Waals surface area contributed by atoms with Crippen LogP contribution in [0.3, 0.4) is 0 Å². The van der Waals surface area contributed by atoms with Crippen LogP contribution in [0, 0.1) is 5.82 Å². The van der Waals surface area contributed by atoms with E-state index >= 15 is 0 Å². The highest BCUT2D eigenvalue weighted by molar-refractivity contribution is 9.10. The quantitative estimate of drug-likeness (QED) is 0.862. The summed E-state index contributed by atoms with van der Waals surface area (Å²) in [6.45, 7) is 0. The lowest BCUT2D eigenvalue weighted by Gasteiger charge is -2.13. The molecule has 0 spiro atoms. The van der Waals surface area contributed by atoms with E-state index in [-0.39, 0.29) is 10.0 Å². The van der Waals surface area contributed by atoms with E-state index in [4.69, 9.17) is 5.73 Å². The van der Waals surface area contributed by atoms with E-state index in [9.17, 15) is 13.2 Å². The minimum Gasteiger partial charge on any atom is -0.319 e. The van der Waals surface area contributed by atoms with E-state index < -0.39 is 18.3 Å². The summed E-state index contributed by atoms with van der Waals surface area (Å²) in [7, 11) is 0. The van der Waals surface area contributed by atoms with E-state index in [0.717, 1.165) is 6.07 Å². The van der Waals surface area contributed by atoms with Gasteiger partial charge in [-0.15, -0.1) is 0 Å². The molecule has 2 N–H and O–H groups in total. The van der Waals surface area contributed by atoms with Crippen LogP contribution in [-0.2, 0) is 0 Å². The summed E-state index contributed by atoms with van der Waals surface area (Å²) in [5.41, 5.74) is 4.94. The Morgan fingerprint density at radius 3 is 2.38 bits per heavy atom. The molecule has 72 valence electrons. The van der Waals surface area contributed by atoms with Crippen LogP contribution in [0.1, 0.15) is 11.6 Å². The van der Waals surface area contributed by atoms with Crippen molar-refractivity contribution in [2.24, 2.45) is 5.73 Å². The fourth-order valence-corrected chi connectivity index (χ4v) is 1.56. The third-order valence-electron chi connectivity index (χ3n) is 1.60. The molecule has 5 heteroatoms. The zero-order chi connectivity index (χ0) is 10.0. The van der Waals surface area contributed by atoms with Gasteiger partial charge in [-0.2, -0.15) is 0 Å². The zero-order valence-corrected chi connectivity index (χ0v) is 8.06. The molecule has 0 fully saturated rings. The van der Waals surface area contributed by atoms with E-state index in [2.05, 4.69) is 15.9 Å². The third kappa shape index (κ3) is 2.22. The Labute approximate surface area is 81.9 Å². The Hall–Kier alpha value is -0.550. The second-order valence-electron chi connectivity index (χ2n) is 2.50. The molecule has 0 amide bonds. The van der Waals surface area contributed by atoms with Gasteiger partial charge in [0.05, 0.1) is 6.04 Å². The second kappa shape index (κ2) is 4.11. The molecule has 0 aliphatic rings. The maximum absolute atomic E-state index is 13.0. The van der Waals surface area contributed by atoms with Gasteiger partial charge < -0.3 is 5.73 Å². The van der Waals surface area contributed by atoms with Crippen molar-refractivity contribution in [1.29, 1.82) is 0 Å². The van der Waals surface area contributed by atoms with Crippen molar-refractivity contribution in [2.75, 3.05) is 0 Å². The third-order valence-corrected chi connectivity index (χ3v) is 2.30. The average Bonchev–Trinajstić information content (AvgIpc) is 2.03. The molecule has 0 aromatic heterocycles. The highest BCUT2D eigenvalue weighted by Crippen LogP contribution is 2.28. The first-order valence-electron chi connectivity index (χ1n) is 3.51. The van der Waals surface area contributed by atoms with Crippen LogP contribution < -0.4 is 5.73 Å². The summed E-state index contributed by atoms with van der Waals surface area (Å²) in [5.74, 6) is -0.720. The number of hydrogen-bond acceptors (Lipinski definition) is 1. The number of alkyl halides is 2. The normalized spacial score (nSPS) is 13.4. The van der Waals surface area contributed by atoms with Crippen molar-refractivity contribution < 1.29 is 13.2 Å². The zero-order valence-electron chi connectivity index (χ0n) is 6.48. The van der Waals surface area contributed by atoms with Gasteiger partial charge in [-0.05, 0) is 12.1 Å². The van der Waals surface area contributed by atoms with Crippen LogP contribution in [0.4, 0.5) is 13.2 Å². The molecular weight excluding hydrogens is 247 g/mol.